The first-order chi connectivity index (χ1) is 8.99. The lowest BCUT2D eigenvalue weighted by molar-refractivity contribution is 0.0970. The molecule has 19 heavy (non-hydrogen) atoms. The third-order valence-corrected chi connectivity index (χ3v) is 3.80. The van der Waals surface area contributed by atoms with E-state index in [1.807, 2.05) is 0 Å². The molecule has 0 unspecified atom stereocenters. The molecule has 0 aliphatic rings. The van der Waals surface area contributed by atoms with E-state index in [2.05, 4.69) is 20.9 Å². The summed E-state index contributed by atoms with van der Waals surface area (Å²) in [5.41, 5.74) is 0.836. The summed E-state index contributed by atoms with van der Waals surface area (Å²) in [7, 11) is 0. The second-order valence-electron chi connectivity index (χ2n) is 4.01. The Morgan fingerprint density at radius 1 is 1.37 bits per heavy atom. The average Bonchev–Trinajstić information content (AvgIpc) is 2.40. The van der Waals surface area contributed by atoms with Gasteiger partial charge in [0.05, 0.1) is 18.6 Å². The zero-order valence-corrected chi connectivity index (χ0v) is 12.4. The number of hydrogen-bond acceptors (Lipinski definition) is 3. The van der Waals surface area contributed by atoms with Crippen LogP contribution in [0.3, 0.4) is 0 Å². The molecule has 0 bridgehead atoms. The zero-order valence-electron chi connectivity index (χ0n) is 10.1. The highest BCUT2D eigenvalue weighted by molar-refractivity contribution is 9.10. The van der Waals surface area contributed by atoms with E-state index < -0.39 is 0 Å². The van der Waals surface area contributed by atoms with E-state index >= 15 is 0 Å². The topological polar surface area (TPSA) is 52.0 Å². The number of nitrogens with zero attached hydrogens (tertiary/aromatic N) is 2. The molecule has 1 aromatic heterocycles. The van der Waals surface area contributed by atoms with Gasteiger partial charge in [0, 0.05) is 10.6 Å². The van der Waals surface area contributed by atoms with Crippen LogP contribution < -0.4 is 5.56 Å². The molecular weight excluding hydrogens is 332 g/mol. The molecule has 0 aliphatic heterocycles. The van der Waals surface area contributed by atoms with Crippen molar-refractivity contribution >= 4 is 33.3 Å². The molecule has 0 amide bonds. The maximum Gasteiger partial charge on any atom is 0.268 e. The maximum absolute atomic E-state index is 12.0. The zero-order chi connectivity index (χ0) is 14.0. The minimum Gasteiger partial charge on any atom is -0.292 e. The number of benzene rings is 1. The minimum atomic E-state index is -0.269. The van der Waals surface area contributed by atoms with Crippen molar-refractivity contribution < 1.29 is 4.79 Å². The Morgan fingerprint density at radius 2 is 2.00 bits per heavy atom. The second-order valence-corrected chi connectivity index (χ2v) is 5.24. The number of carbonyl (C=O) groups excluding carboxylic acids is 1. The number of carbonyl (C=O) groups is 1. The molecule has 0 spiro atoms. The number of rotatable bonds is 3. The first kappa shape index (κ1) is 14.0. The van der Waals surface area contributed by atoms with Gasteiger partial charge in [0.2, 0.25) is 0 Å². The summed E-state index contributed by atoms with van der Waals surface area (Å²) in [5.74, 6) is -0.170. The Balaban J connectivity index is 2.27. The first-order valence-corrected chi connectivity index (χ1v) is 6.66. The normalized spacial score (nSPS) is 10.5. The maximum atomic E-state index is 12.0. The van der Waals surface area contributed by atoms with Gasteiger partial charge in [0.1, 0.15) is 4.47 Å². The molecule has 0 atom stereocenters. The Labute approximate surface area is 123 Å². The van der Waals surface area contributed by atoms with Crippen LogP contribution in [0.25, 0.3) is 0 Å². The van der Waals surface area contributed by atoms with Gasteiger partial charge in [-0.15, -0.1) is 0 Å². The third kappa shape index (κ3) is 3.11. The average molecular weight is 342 g/mol. The van der Waals surface area contributed by atoms with E-state index in [0.29, 0.717) is 20.8 Å². The molecule has 0 aliphatic carbocycles. The van der Waals surface area contributed by atoms with Crippen LogP contribution in [0.2, 0.25) is 5.02 Å². The molecule has 2 rings (SSSR count). The highest BCUT2D eigenvalue weighted by Gasteiger charge is 2.10. The van der Waals surface area contributed by atoms with Crippen molar-refractivity contribution in [1.82, 2.24) is 9.55 Å². The van der Waals surface area contributed by atoms with E-state index in [-0.39, 0.29) is 17.9 Å². The number of hydrogen-bond donors (Lipinski definition) is 0. The summed E-state index contributed by atoms with van der Waals surface area (Å²) in [6, 6.07) is 6.54. The highest BCUT2D eigenvalue weighted by Crippen LogP contribution is 2.11. The van der Waals surface area contributed by atoms with Gasteiger partial charge < -0.3 is 0 Å². The molecule has 0 fully saturated rings. The number of Topliss-reactive ketones (excluding diaryl/α,β-unsaturated/α-hetero) is 1. The fourth-order valence-electron chi connectivity index (χ4n) is 1.54. The van der Waals surface area contributed by atoms with Gasteiger partial charge in [-0.3, -0.25) is 14.2 Å². The number of ketones is 1. The summed E-state index contributed by atoms with van der Waals surface area (Å²) in [5, 5.41) is 0.563. The lowest BCUT2D eigenvalue weighted by atomic mass is 10.1. The van der Waals surface area contributed by atoms with Crippen LogP contribution in [0.5, 0.6) is 0 Å². The van der Waals surface area contributed by atoms with Crippen molar-refractivity contribution in [2.45, 2.75) is 13.5 Å². The number of aromatic nitrogens is 2. The molecule has 2 aromatic rings. The Kier molecular flexibility index (Phi) is 4.17. The molecule has 6 heteroatoms. The molecule has 4 nitrogen and oxygen atoms in total. The van der Waals surface area contributed by atoms with Crippen LogP contribution in [0.1, 0.15) is 16.1 Å². The lowest BCUT2D eigenvalue weighted by Gasteiger charge is -2.06. The fraction of sp³-hybridized carbons (Fsp3) is 0.154. The summed E-state index contributed by atoms with van der Waals surface area (Å²) in [4.78, 5) is 28.0. The molecule has 1 heterocycles. The van der Waals surface area contributed by atoms with Gasteiger partial charge in [-0.1, -0.05) is 11.6 Å². The summed E-state index contributed by atoms with van der Waals surface area (Å²) >= 11 is 8.92. The van der Waals surface area contributed by atoms with E-state index in [9.17, 15) is 9.59 Å². The fourth-order valence-corrected chi connectivity index (χ4v) is 2.00. The quantitative estimate of drug-likeness (QED) is 0.807. The standard InChI is InChI=1S/C13H10BrClN2O2/c1-8-12(14)13(19)17(7-16-8)6-11(18)9-2-4-10(15)5-3-9/h2-5,7H,6H2,1H3. The van der Waals surface area contributed by atoms with Crippen molar-refractivity contribution in [1.29, 1.82) is 0 Å². The smallest absolute Gasteiger partial charge is 0.268 e. The van der Waals surface area contributed by atoms with Crippen LogP contribution in [-0.2, 0) is 6.54 Å². The Morgan fingerprint density at radius 3 is 2.63 bits per heavy atom. The monoisotopic (exact) mass is 340 g/mol. The molecule has 1 aromatic carbocycles. The van der Waals surface area contributed by atoms with Gasteiger partial charge in [0.25, 0.3) is 5.56 Å². The highest BCUT2D eigenvalue weighted by atomic mass is 79.9. The number of halogens is 2. The predicted octanol–water partition coefficient (Wildman–Crippen LogP) is 2.85. The van der Waals surface area contributed by atoms with Crippen molar-refractivity contribution in [2.75, 3.05) is 0 Å². The number of aryl methyl sites for hydroxylation is 1. The van der Waals surface area contributed by atoms with Gasteiger partial charge in [-0.2, -0.15) is 0 Å². The molecule has 0 saturated carbocycles. The van der Waals surface area contributed by atoms with Crippen LogP contribution in [0, 0.1) is 6.92 Å². The van der Waals surface area contributed by atoms with Crippen LogP contribution in [0.4, 0.5) is 0 Å². The molecule has 98 valence electrons. The lowest BCUT2D eigenvalue weighted by Crippen LogP contribution is -2.25. The van der Waals surface area contributed by atoms with Crippen molar-refractivity contribution in [3.8, 4) is 0 Å². The second kappa shape index (κ2) is 5.67. The molecule has 0 N–H and O–H groups in total. The Hall–Kier alpha value is -1.46. The van der Waals surface area contributed by atoms with E-state index in [0.717, 1.165) is 0 Å². The predicted molar refractivity (Wildman–Crippen MR) is 76.7 cm³/mol. The summed E-state index contributed by atoms with van der Waals surface area (Å²) in [6.45, 7) is 1.67. The van der Waals surface area contributed by atoms with Crippen LogP contribution >= 0.6 is 27.5 Å². The van der Waals surface area contributed by atoms with E-state index in [1.165, 1.54) is 10.9 Å². The van der Waals surface area contributed by atoms with Gasteiger partial charge >= 0.3 is 0 Å². The third-order valence-electron chi connectivity index (χ3n) is 2.64. The van der Waals surface area contributed by atoms with Gasteiger partial charge in [-0.25, -0.2) is 4.98 Å². The largest absolute Gasteiger partial charge is 0.292 e. The van der Waals surface area contributed by atoms with Crippen LogP contribution in [-0.4, -0.2) is 15.3 Å². The van der Waals surface area contributed by atoms with Crippen molar-refractivity contribution in [2.24, 2.45) is 0 Å². The molecular formula is C13H10BrClN2O2. The van der Waals surface area contributed by atoms with Crippen molar-refractivity contribution in [3.63, 3.8) is 0 Å². The SMILES string of the molecule is Cc1ncn(CC(=O)c2ccc(Cl)cc2)c(=O)c1Br. The minimum absolute atomic E-state index is 0.0493. The van der Waals surface area contributed by atoms with E-state index in [4.69, 9.17) is 11.6 Å². The first-order valence-electron chi connectivity index (χ1n) is 5.49. The summed E-state index contributed by atoms with van der Waals surface area (Å²) < 4.78 is 1.65. The van der Waals surface area contributed by atoms with Crippen LogP contribution in [0.15, 0.2) is 39.9 Å². The van der Waals surface area contributed by atoms with E-state index in [1.54, 1.807) is 31.2 Å². The molecule has 0 radical (unpaired) electrons. The van der Waals surface area contributed by atoms with Gasteiger partial charge in [-0.05, 0) is 47.1 Å². The molecule has 0 saturated heterocycles. The van der Waals surface area contributed by atoms with Crippen molar-refractivity contribution in [3.05, 3.63) is 61.7 Å². The summed E-state index contributed by atoms with van der Waals surface area (Å²) in [6.07, 6.45) is 1.37. The van der Waals surface area contributed by atoms with Gasteiger partial charge in [0.15, 0.2) is 5.78 Å². The Bertz CT molecular complexity index is 680.